The van der Waals surface area contributed by atoms with Crippen LogP contribution in [0.25, 0.3) is 0 Å². The molecule has 1 aromatic carbocycles. The number of nitrogens with zero attached hydrogens (tertiary/aromatic N) is 1. The lowest BCUT2D eigenvalue weighted by Crippen LogP contribution is -2.52. The van der Waals surface area contributed by atoms with Crippen LogP contribution in [-0.2, 0) is 19.1 Å². The van der Waals surface area contributed by atoms with Gasteiger partial charge in [0.05, 0.1) is 13.2 Å². The monoisotopic (exact) mass is 355 g/mol. The van der Waals surface area contributed by atoms with Crippen molar-refractivity contribution in [3.8, 4) is 5.75 Å². The molecule has 0 N–H and O–H groups in total. The highest BCUT2D eigenvalue weighted by Gasteiger charge is 2.46. The minimum atomic E-state index is -1.15. The van der Waals surface area contributed by atoms with E-state index in [2.05, 4.69) is 0 Å². The van der Waals surface area contributed by atoms with E-state index in [4.69, 9.17) is 25.8 Å². The summed E-state index contributed by atoms with van der Waals surface area (Å²) < 4.78 is 15.9. The second-order valence-corrected chi connectivity index (χ2v) is 6.59. The van der Waals surface area contributed by atoms with Crippen molar-refractivity contribution in [2.75, 3.05) is 20.8 Å². The predicted molar refractivity (Wildman–Crippen MR) is 89.1 cm³/mol. The fourth-order valence-electron chi connectivity index (χ4n) is 2.74. The number of ether oxygens (including phenoxy) is 3. The number of hydrogen-bond acceptors (Lipinski definition) is 5. The molecule has 6 nitrogen and oxygen atoms in total. The molecular formula is C17H22ClNO5. The molecule has 2 atom stereocenters. The van der Waals surface area contributed by atoms with E-state index in [0.29, 0.717) is 23.7 Å². The molecule has 132 valence electrons. The maximum atomic E-state index is 12.9. The number of likely N-dealkylation sites (tertiary alicyclic amines) is 1. The normalized spacial score (nSPS) is 20.8. The van der Waals surface area contributed by atoms with Crippen molar-refractivity contribution in [1.82, 2.24) is 4.90 Å². The first-order valence-corrected chi connectivity index (χ1v) is 8.02. The first kappa shape index (κ1) is 18.5. The smallest absolute Gasteiger partial charge is 0.328 e. The number of amides is 1. The van der Waals surface area contributed by atoms with Gasteiger partial charge in [0.2, 0.25) is 0 Å². The Morgan fingerprint density at radius 2 is 1.83 bits per heavy atom. The Hall–Kier alpha value is -1.79. The van der Waals surface area contributed by atoms with Crippen molar-refractivity contribution >= 4 is 23.5 Å². The summed E-state index contributed by atoms with van der Waals surface area (Å²) in [6.07, 6.45) is 0.204. The zero-order valence-corrected chi connectivity index (χ0v) is 15.0. The molecule has 1 fully saturated rings. The third-order valence-corrected chi connectivity index (χ3v) is 4.28. The molecule has 0 saturated carbocycles. The third-order valence-electron chi connectivity index (χ3n) is 4.03. The summed E-state index contributed by atoms with van der Waals surface area (Å²) in [7, 11) is 2.86. The number of rotatable bonds is 5. The minimum Gasteiger partial charge on any atom is -0.478 e. The maximum absolute atomic E-state index is 12.9. The summed E-state index contributed by atoms with van der Waals surface area (Å²) in [6, 6.07) is 6.09. The summed E-state index contributed by atoms with van der Waals surface area (Å²) >= 11 is 5.85. The molecule has 2 rings (SSSR count). The van der Waals surface area contributed by atoms with E-state index in [1.165, 1.54) is 12.0 Å². The zero-order chi connectivity index (χ0) is 17.9. The van der Waals surface area contributed by atoms with Gasteiger partial charge >= 0.3 is 5.97 Å². The fraction of sp³-hybridized carbons (Fsp3) is 0.529. The van der Waals surface area contributed by atoms with Gasteiger partial charge in [-0.2, -0.15) is 0 Å². The number of esters is 1. The Balaban J connectivity index is 2.17. The summed E-state index contributed by atoms with van der Waals surface area (Å²) in [5.41, 5.74) is -1.15. The van der Waals surface area contributed by atoms with Crippen LogP contribution in [0, 0.1) is 0 Å². The van der Waals surface area contributed by atoms with Gasteiger partial charge in [0.25, 0.3) is 5.91 Å². The molecule has 0 radical (unpaired) electrons. The largest absolute Gasteiger partial charge is 0.478 e. The number of carbonyl (C=O) groups is 2. The highest BCUT2D eigenvalue weighted by atomic mass is 35.5. The quantitative estimate of drug-likeness (QED) is 0.758. The molecule has 0 aromatic heterocycles. The molecule has 7 heteroatoms. The Kier molecular flexibility index (Phi) is 5.72. The van der Waals surface area contributed by atoms with Gasteiger partial charge in [0.15, 0.2) is 5.60 Å². The summed E-state index contributed by atoms with van der Waals surface area (Å²) in [6.45, 7) is 3.65. The lowest BCUT2D eigenvalue weighted by Gasteiger charge is -2.32. The van der Waals surface area contributed by atoms with Crippen LogP contribution in [-0.4, -0.2) is 55.3 Å². The first-order valence-electron chi connectivity index (χ1n) is 7.64. The molecular weight excluding hydrogens is 334 g/mol. The summed E-state index contributed by atoms with van der Waals surface area (Å²) in [5, 5.41) is 0.583. The van der Waals surface area contributed by atoms with Gasteiger partial charge in [0, 0.05) is 25.1 Å². The van der Waals surface area contributed by atoms with E-state index < -0.39 is 17.6 Å². The molecule has 1 heterocycles. The molecule has 1 aliphatic heterocycles. The summed E-state index contributed by atoms with van der Waals surface area (Å²) in [5.74, 6) is -0.229. The fourth-order valence-corrected chi connectivity index (χ4v) is 2.86. The first-order chi connectivity index (χ1) is 11.3. The lowest BCUT2D eigenvalue weighted by molar-refractivity contribution is -0.156. The van der Waals surface area contributed by atoms with Gasteiger partial charge in [-0.15, -0.1) is 0 Å². The summed E-state index contributed by atoms with van der Waals surface area (Å²) in [4.78, 5) is 26.4. The Morgan fingerprint density at radius 3 is 2.38 bits per heavy atom. The molecule has 1 saturated heterocycles. The molecule has 0 bridgehead atoms. The van der Waals surface area contributed by atoms with Gasteiger partial charge in [-0.3, -0.25) is 4.79 Å². The SMILES string of the molecule is COC(=O)[C@@H]1C[C@@H](OC)CN1C(=O)C(C)(C)Oc1ccc(Cl)cc1. The highest BCUT2D eigenvalue weighted by Crippen LogP contribution is 2.27. The van der Waals surface area contributed by atoms with Crippen molar-refractivity contribution in [2.45, 2.75) is 38.0 Å². The number of halogens is 1. The highest BCUT2D eigenvalue weighted by molar-refractivity contribution is 6.30. The minimum absolute atomic E-state index is 0.204. The molecule has 0 aliphatic carbocycles. The lowest BCUT2D eigenvalue weighted by atomic mass is 10.1. The van der Waals surface area contributed by atoms with Crippen LogP contribution in [0.4, 0.5) is 0 Å². The second-order valence-electron chi connectivity index (χ2n) is 6.16. The van der Waals surface area contributed by atoms with Crippen LogP contribution in [0.1, 0.15) is 20.3 Å². The maximum Gasteiger partial charge on any atom is 0.328 e. The molecule has 1 aromatic rings. The van der Waals surface area contributed by atoms with Gasteiger partial charge in [0.1, 0.15) is 11.8 Å². The number of carbonyl (C=O) groups excluding carboxylic acids is 2. The standard InChI is InChI=1S/C17H22ClNO5/c1-17(2,24-12-7-5-11(18)6-8-12)16(21)19-10-13(22-3)9-14(19)15(20)23-4/h5-8,13-14H,9-10H2,1-4H3/t13-,14+/m1/s1. The van der Waals surface area contributed by atoms with Crippen LogP contribution in [0.15, 0.2) is 24.3 Å². The van der Waals surface area contributed by atoms with Crippen LogP contribution in [0.5, 0.6) is 5.75 Å². The van der Waals surface area contributed by atoms with Crippen LogP contribution >= 0.6 is 11.6 Å². The molecule has 0 unspecified atom stereocenters. The zero-order valence-electron chi connectivity index (χ0n) is 14.2. The second kappa shape index (κ2) is 7.40. The van der Waals surface area contributed by atoms with E-state index in [0.717, 1.165) is 0 Å². The van der Waals surface area contributed by atoms with Crippen molar-refractivity contribution in [3.05, 3.63) is 29.3 Å². The molecule has 24 heavy (non-hydrogen) atoms. The van der Waals surface area contributed by atoms with Crippen molar-refractivity contribution < 1.29 is 23.8 Å². The molecule has 0 spiro atoms. The Labute approximate surface area is 146 Å². The average molecular weight is 356 g/mol. The number of methoxy groups -OCH3 is 2. The van der Waals surface area contributed by atoms with Gasteiger partial charge in [-0.05, 0) is 38.1 Å². The van der Waals surface area contributed by atoms with Crippen molar-refractivity contribution in [1.29, 1.82) is 0 Å². The van der Waals surface area contributed by atoms with Crippen LogP contribution in [0.3, 0.4) is 0 Å². The van der Waals surface area contributed by atoms with E-state index >= 15 is 0 Å². The van der Waals surface area contributed by atoms with Crippen LogP contribution in [0.2, 0.25) is 5.02 Å². The van der Waals surface area contributed by atoms with E-state index in [9.17, 15) is 9.59 Å². The van der Waals surface area contributed by atoms with Gasteiger partial charge in [-0.25, -0.2) is 4.79 Å². The van der Waals surface area contributed by atoms with E-state index in [1.807, 2.05) is 0 Å². The van der Waals surface area contributed by atoms with Crippen LogP contribution < -0.4 is 4.74 Å². The predicted octanol–water partition coefficient (Wildman–Crippen LogP) is 2.29. The van der Waals surface area contributed by atoms with E-state index in [-0.39, 0.29) is 12.0 Å². The molecule has 1 aliphatic rings. The Bertz CT molecular complexity index is 602. The average Bonchev–Trinajstić information content (AvgIpc) is 2.99. The third kappa shape index (κ3) is 3.99. The number of benzene rings is 1. The number of hydrogen-bond donors (Lipinski definition) is 0. The topological polar surface area (TPSA) is 65.1 Å². The van der Waals surface area contributed by atoms with Gasteiger partial charge in [-0.1, -0.05) is 11.6 Å². The molecule has 1 amide bonds. The Morgan fingerprint density at radius 1 is 1.21 bits per heavy atom. The van der Waals surface area contributed by atoms with E-state index in [1.54, 1.807) is 45.2 Å². The van der Waals surface area contributed by atoms with Crippen molar-refractivity contribution in [3.63, 3.8) is 0 Å². The van der Waals surface area contributed by atoms with Gasteiger partial charge < -0.3 is 19.1 Å². The van der Waals surface area contributed by atoms with Crippen molar-refractivity contribution in [2.24, 2.45) is 0 Å².